The van der Waals surface area contributed by atoms with Crippen molar-refractivity contribution in [2.24, 2.45) is 5.11 Å². The molecule has 0 aliphatic carbocycles. The number of ketones is 1. The van der Waals surface area contributed by atoms with Crippen LogP contribution in [0.4, 0.5) is 0 Å². The summed E-state index contributed by atoms with van der Waals surface area (Å²) >= 11 is 7.30. The Kier molecular flexibility index (Phi) is 11.4. The van der Waals surface area contributed by atoms with E-state index in [0.29, 0.717) is 79.7 Å². The lowest BCUT2D eigenvalue weighted by atomic mass is 10.1. The van der Waals surface area contributed by atoms with Gasteiger partial charge in [-0.2, -0.15) is 0 Å². The van der Waals surface area contributed by atoms with Gasteiger partial charge in [-0.25, -0.2) is 0 Å². The summed E-state index contributed by atoms with van der Waals surface area (Å²) in [5, 5.41) is 12.6. The van der Waals surface area contributed by atoms with E-state index >= 15 is 0 Å². The van der Waals surface area contributed by atoms with Crippen LogP contribution in [-0.4, -0.2) is 47.3 Å². The van der Waals surface area contributed by atoms with Crippen LogP contribution in [0.3, 0.4) is 0 Å². The molecule has 0 aliphatic heterocycles. The van der Waals surface area contributed by atoms with Crippen LogP contribution in [0.5, 0.6) is 5.75 Å². The number of nitrogens with zero attached hydrogens (tertiary/aromatic N) is 6. The van der Waals surface area contributed by atoms with Crippen molar-refractivity contribution in [2.45, 2.75) is 36.7 Å². The van der Waals surface area contributed by atoms with E-state index in [1.54, 1.807) is 18.3 Å². The van der Waals surface area contributed by atoms with E-state index in [4.69, 9.17) is 31.0 Å². The van der Waals surface area contributed by atoms with Gasteiger partial charge in [0.05, 0.1) is 25.1 Å². The maximum Gasteiger partial charge on any atom is 0.277 e. The Morgan fingerprint density at radius 2 is 1.89 bits per heavy atom. The predicted molar refractivity (Wildman–Crippen MR) is 132 cm³/mol. The second kappa shape index (κ2) is 15.0. The first kappa shape index (κ1) is 26.5. The number of benzene rings is 1. The van der Waals surface area contributed by atoms with Gasteiger partial charge < -0.3 is 13.9 Å². The van der Waals surface area contributed by atoms with Gasteiger partial charge in [0.25, 0.3) is 5.22 Å². The first-order chi connectivity index (χ1) is 17.1. The van der Waals surface area contributed by atoms with Gasteiger partial charge in [0.1, 0.15) is 11.5 Å². The summed E-state index contributed by atoms with van der Waals surface area (Å²) in [7, 11) is 0. The van der Waals surface area contributed by atoms with Crippen molar-refractivity contribution in [3.63, 3.8) is 0 Å². The van der Waals surface area contributed by atoms with E-state index in [1.165, 1.54) is 11.8 Å². The lowest BCUT2D eigenvalue weighted by Gasteiger charge is -2.06. The monoisotopic (exact) mass is 516 g/mol. The van der Waals surface area contributed by atoms with E-state index < -0.39 is 0 Å². The quantitative estimate of drug-likeness (QED) is 0.0752. The Morgan fingerprint density at radius 1 is 1.09 bits per heavy atom. The minimum absolute atomic E-state index is 0.179. The molecule has 10 nitrogen and oxygen atoms in total. The third kappa shape index (κ3) is 9.96. The van der Waals surface area contributed by atoms with Crippen LogP contribution in [0.1, 0.15) is 31.4 Å². The van der Waals surface area contributed by atoms with Crippen molar-refractivity contribution >= 4 is 29.1 Å². The number of thioether (sulfide) groups is 1. The Balaban J connectivity index is 1.29. The molecular weight excluding hydrogens is 492 g/mol. The molecule has 0 bridgehead atoms. The molecule has 184 valence electrons. The predicted octanol–water partition coefficient (Wildman–Crippen LogP) is 5.91. The third-order valence-electron chi connectivity index (χ3n) is 4.65. The highest BCUT2D eigenvalue weighted by Crippen LogP contribution is 2.26. The molecule has 3 aromatic rings. The van der Waals surface area contributed by atoms with Crippen molar-refractivity contribution < 1.29 is 18.7 Å². The van der Waals surface area contributed by atoms with E-state index in [2.05, 4.69) is 25.2 Å². The third-order valence-corrected chi connectivity index (χ3v) is 5.75. The summed E-state index contributed by atoms with van der Waals surface area (Å²) in [5.41, 5.74) is 9.82. The van der Waals surface area contributed by atoms with Crippen LogP contribution in [0, 0.1) is 0 Å². The van der Waals surface area contributed by atoms with Crippen LogP contribution in [0.15, 0.2) is 57.3 Å². The van der Waals surface area contributed by atoms with Gasteiger partial charge in [-0.05, 0) is 54.8 Å². The maximum absolute atomic E-state index is 11.9. The largest absolute Gasteiger partial charge is 0.492 e. The van der Waals surface area contributed by atoms with Gasteiger partial charge in [0.2, 0.25) is 5.89 Å². The van der Waals surface area contributed by atoms with Gasteiger partial charge in [-0.3, -0.25) is 9.78 Å². The number of hydrogen-bond acceptors (Lipinski definition) is 9. The van der Waals surface area contributed by atoms with Crippen molar-refractivity contribution in [1.29, 1.82) is 0 Å². The molecule has 0 fully saturated rings. The summed E-state index contributed by atoms with van der Waals surface area (Å²) in [6, 6.07) is 10.9. The zero-order valence-corrected chi connectivity index (χ0v) is 20.6. The summed E-state index contributed by atoms with van der Waals surface area (Å²) < 4.78 is 16.6. The summed E-state index contributed by atoms with van der Waals surface area (Å²) in [6.07, 6.45) is 3.89. The van der Waals surface area contributed by atoms with Gasteiger partial charge in [0, 0.05) is 47.2 Å². The van der Waals surface area contributed by atoms with Gasteiger partial charge in [-0.15, -0.1) is 10.2 Å². The smallest absolute Gasteiger partial charge is 0.277 e. The Hall–Kier alpha value is -3.11. The van der Waals surface area contributed by atoms with E-state index in [9.17, 15) is 4.79 Å². The first-order valence-electron chi connectivity index (χ1n) is 11.0. The normalized spacial score (nSPS) is 10.7. The summed E-state index contributed by atoms with van der Waals surface area (Å²) in [5.74, 6) is 1.85. The van der Waals surface area contributed by atoms with Crippen LogP contribution >= 0.6 is 23.4 Å². The lowest BCUT2D eigenvalue weighted by Crippen LogP contribution is -2.06. The number of hydrogen-bond donors (Lipinski definition) is 0. The Bertz CT molecular complexity index is 1100. The molecule has 0 radical (unpaired) electrons. The van der Waals surface area contributed by atoms with Gasteiger partial charge >= 0.3 is 0 Å². The number of pyridine rings is 1. The van der Waals surface area contributed by atoms with Crippen molar-refractivity contribution in [1.82, 2.24) is 15.2 Å². The molecule has 0 N–H and O–H groups in total. The molecule has 2 heterocycles. The summed E-state index contributed by atoms with van der Waals surface area (Å²) in [6.45, 7) is 1.61. The molecule has 35 heavy (non-hydrogen) atoms. The molecule has 0 saturated carbocycles. The molecule has 12 heteroatoms. The molecule has 1 aromatic carbocycles. The first-order valence-corrected chi connectivity index (χ1v) is 12.4. The fraction of sp³-hybridized carbons (Fsp3) is 0.391. The van der Waals surface area contributed by atoms with Crippen LogP contribution < -0.4 is 4.74 Å². The van der Waals surface area contributed by atoms with E-state index in [1.807, 2.05) is 24.3 Å². The lowest BCUT2D eigenvalue weighted by molar-refractivity contribution is -0.119. The van der Waals surface area contributed by atoms with E-state index in [0.717, 1.165) is 11.3 Å². The Labute approximate surface area is 212 Å². The highest BCUT2D eigenvalue weighted by Gasteiger charge is 2.10. The standard InChI is InChI=1S/C23H25ClN6O4S/c24-18-7-5-17(6-8-18)22-28-29-23(34-22)35-16-19-9-10-21(15-26-19)33-13-2-4-20(31)3-1-12-32-14-11-27-30-25/h5-10,15H,1-4,11-14,16H2. The molecule has 3 rings (SSSR count). The average Bonchev–Trinajstić information content (AvgIpc) is 3.35. The molecule has 2 aromatic heterocycles. The average molecular weight is 517 g/mol. The number of azide groups is 1. The molecule has 0 unspecified atom stereocenters. The van der Waals surface area contributed by atoms with Crippen molar-refractivity contribution in [3.8, 4) is 17.2 Å². The topological polar surface area (TPSA) is 136 Å². The minimum Gasteiger partial charge on any atom is -0.492 e. The fourth-order valence-electron chi connectivity index (χ4n) is 2.90. The van der Waals surface area contributed by atoms with Crippen LogP contribution in [0.2, 0.25) is 5.02 Å². The highest BCUT2D eigenvalue weighted by atomic mass is 35.5. The number of ether oxygens (including phenoxy) is 2. The maximum atomic E-state index is 11.9. The fourth-order valence-corrected chi connectivity index (χ4v) is 3.71. The van der Waals surface area contributed by atoms with Crippen molar-refractivity contribution in [2.75, 3.05) is 26.4 Å². The molecule has 0 spiro atoms. The molecule has 0 atom stereocenters. The number of carbonyl (C=O) groups is 1. The number of Topliss-reactive ketones (excluding diaryl/α,β-unsaturated/α-hetero) is 1. The minimum atomic E-state index is 0.179. The van der Waals surface area contributed by atoms with Crippen molar-refractivity contribution in [3.05, 3.63) is 63.8 Å². The second-order valence-corrected chi connectivity index (χ2v) is 8.68. The zero-order valence-electron chi connectivity index (χ0n) is 19.0. The number of halogens is 1. The van der Waals surface area contributed by atoms with Crippen LogP contribution in [-0.2, 0) is 15.3 Å². The molecular formula is C23H25ClN6O4S. The SMILES string of the molecule is [N-]=[N+]=NCCOCCCC(=O)CCCOc1ccc(CSc2nnc(-c3ccc(Cl)cc3)o2)nc1. The number of aromatic nitrogens is 3. The molecule has 0 saturated heterocycles. The number of rotatable bonds is 16. The summed E-state index contributed by atoms with van der Waals surface area (Å²) in [4.78, 5) is 18.9. The Morgan fingerprint density at radius 3 is 2.63 bits per heavy atom. The number of carbonyl (C=O) groups excluding carboxylic acids is 1. The molecule has 0 aliphatic rings. The van der Waals surface area contributed by atoms with Crippen LogP contribution in [0.25, 0.3) is 21.9 Å². The van der Waals surface area contributed by atoms with Gasteiger partial charge in [0.15, 0.2) is 0 Å². The molecule has 0 amide bonds. The van der Waals surface area contributed by atoms with Gasteiger partial charge in [-0.1, -0.05) is 28.5 Å². The second-order valence-electron chi connectivity index (χ2n) is 7.32. The van der Waals surface area contributed by atoms with E-state index in [-0.39, 0.29) is 5.78 Å². The highest BCUT2D eigenvalue weighted by molar-refractivity contribution is 7.98. The zero-order chi connectivity index (χ0) is 24.7.